The van der Waals surface area contributed by atoms with Crippen LogP contribution >= 0.6 is 0 Å². The summed E-state index contributed by atoms with van der Waals surface area (Å²) in [5.74, 6) is -7.44. The van der Waals surface area contributed by atoms with Crippen molar-refractivity contribution in [2.24, 2.45) is 23.7 Å². The molecule has 0 saturated carbocycles. The Labute approximate surface area is 273 Å². The molecule has 2 aliphatic heterocycles. The Morgan fingerprint density at radius 1 is 1.02 bits per heavy atom. The summed E-state index contributed by atoms with van der Waals surface area (Å²) in [4.78, 5) is 63.7. The van der Waals surface area contributed by atoms with E-state index in [4.69, 9.17) is 14.2 Å². The van der Waals surface area contributed by atoms with E-state index in [1.54, 1.807) is 21.0 Å². The number of nitrogens with zero attached hydrogens (tertiary/aromatic N) is 1. The minimum absolute atomic E-state index is 0.0676. The number of carbonyl (C=O) groups is 5. The quantitative estimate of drug-likeness (QED) is 0.134. The minimum atomic E-state index is -2.35. The summed E-state index contributed by atoms with van der Waals surface area (Å²) in [5.41, 5.74) is 0.889. The molecule has 2 N–H and O–H groups in total. The number of aliphatic hydroxyl groups is 1. The monoisotopic (exact) mass is 647 g/mol. The summed E-state index contributed by atoms with van der Waals surface area (Å²) in [6, 6.07) is -1.10. The van der Waals surface area contributed by atoms with Crippen LogP contribution in [0, 0.1) is 23.7 Å². The van der Waals surface area contributed by atoms with E-state index in [0.717, 1.165) is 10.5 Å². The van der Waals surface area contributed by atoms with E-state index < -0.39 is 47.4 Å². The van der Waals surface area contributed by atoms with Gasteiger partial charge >= 0.3 is 5.97 Å². The fraction of sp³-hybridized carbons (Fsp3) is 0.686. The second kappa shape index (κ2) is 18.4. The van der Waals surface area contributed by atoms with Crippen LogP contribution in [0.4, 0.5) is 0 Å². The van der Waals surface area contributed by atoms with Crippen LogP contribution in [-0.2, 0) is 38.2 Å². The number of carboxylic acids is 1. The Bertz CT molecular complexity index is 1180. The summed E-state index contributed by atoms with van der Waals surface area (Å²) in [6.45, 7) is 9.10. The van der Waals surface area contributed by atoms with Crippen molar-refractivity contribution in [3.8, 4) is 0 Å². The Balaban J connectivity index is 1.98. The molecule has 2 fully saturated rings. The number of hydrogen-bond acceptors (Lipinski definition) is 9. The van der Waals surface area contributed by atoms with E-state index in [9.17, 15) is 34.2 Å². The van der Waals surface area contributed by atoms with E-state index in [1.807, 2.05) is 51.2 Å². The van der Waals surface area contributed by atoms with Crippen LogP contribution in [0.1, 0.15) is 79.6 Å². The third-order valence-corrected chi connectivity index (χ3v) is 9.20. The van der Waals surface area contributed by atoms with Crippen molar-refractivity contribution in [1.29, 1.82) is 0 Å². The average Bonchev–Trinajstić information content (AvgIpc) is 3.03. The van der Waals surface area contributed by atoms with E-state index >= 15 is 0 Å². The molecular formula is C35H53NO10. The second-order valence-electron chi connectivity index (χ2n) is 12.9. The predicted octanol–water partition coefficient (Wildman–Crippen LogP) is 4.07. The third-order valence-electron chi connectivity index (χ3n) is 9.20. The number of carboxylic acid groups (broad SMARTS) is 1. The van der Waals surface area contributed by atoms with E-state index in [-0.39, 0.29) is 49.1 Å². The van der Waals surface area contributed by atoms with E-state index in [0.29, 0.717) is 38.5 Å². The molecule has 2 heterocycles. The van der Waals surface area contributed by atoms with Crippen LogP contribution in [-0.4, -0.2) is 95.7 Å². The Morgan fingerprint density at radius 2 is 1.72 bits per heavy atom. The first-order valence-electron chi connectivity index (χ1n) is 16.3. The van der Waals surface area contributed by atoms with Gasteiger partial charge in [0.15, 0.2) is 5.78 Å². The molecule has 2 rings (SSSR count). The van der Waals surface area contributed by atoms with Gasteiger partial charge in [-0.05, 0) is 63.9 Å². The molecule has 0 bridgehead atoms. The molecule has 0 aliphatic carbocycles. The van der Waals surface area contributed by atoms with Crippen molar-refractivity contribution in [3.05, 3.63) is 36.0 Å². The second-order valence-corrected chi connectivity index (χ2v) is 12.9. The van der Waals surface area contributed by atoms with Gasteiger partial charge in [-0.3, -0.25) is 19.2 Å². The Hall–Kier alpha value is -2.99. The smallest absolute Gasteiger partial charge is 0.326 e. The van der Waals surface area contributed by atoms with Gasteiger partial charge in [0.1, 0.15) is 18.4 Å². The normalized spacial score (nSPS) is 26.9. The zero-order valence-electron chi connectivity index (χ0n) is 28.4. The number of amides is 1. The number of rotatable bonds is 17. The first kappa shape index (κ1) is 39.2. The largest absolute Gasteiger partial charge is 0.480 e. The lowest BCUT2D eigenvalue weighted by Crippen LogP contribution is -2.60. The molecule has 46 heavy (non-hydrogen) atoms. The SMILES string of the molecule is COCC(=O)[C@H](C)C(=O)[C@H](C)C[C@H](C)/C=C/C=C/C=C(\C)[C@H](C[C@@H]1CC[C@@H](C)[C@](O)(C(=O)C(=O)N2CCCC[C@H]2C(=O)O)O1)OC. The van der Waals surface area contributed by atoms with Gasteiger partial charge in [-0.15, -0.1) is 0 Å². The lowest BCUT2D eigenvalue weighted by molar-refractivity contribution is -0.265. The molecule has 0 unspecified atom stereocenters. The number of allylic oxidation sites excluding steroid dienone is 5. The molecule has 258 valence electrons. The Morgan fingerprint density at radius 3 is 2.35 bits per heavy atom. The first-order chi connectivity index (χ1) is 21.7. The average molecular weight is 648 g/mol. The van der Waals surface area contributed by atoms with Crippen molar-refractivity contribution in [2.45, 2.75) is 104 Å². The summed E-state index contributed by atoms with van der Waals surface area (Å²) in [7, 11) is 3.00. The summed E-state index contributed by atoms with van der Waals surface area (Å²) >= 11 is 0. The highest BCUT2D eigenvalue weighted by Crippen LogP contribution is 2.36. The fourth-order valence-electron chi connectivity index (χ4n) is 6.16. The molecule has 0 spiro atoms. The molecule has 0 aromatic rings. The van der Waals surface area contributed by atoms with Crippen LogP contribution in [0.2, 0.25) is 0 Å². The van der Waals surface area contributed by atoms with Crippen molar-refractivity contribution >= 4 is 29.2 Å². The van der Waals surface area contributed by atoms with Crippen LogP contribution in [0.5, 0.6) is 0 Å². The molecule has 0 radical (unpaired) electrons. The van der Waals surface area contributed by atoms with Gasteiger partial charge in [0, 0.05) is 39.0 Å². The highest BCUT2D eigenvalue weighted by Gasteiger charge is 2.52. The number of aliphatic carboxylic acids is 1. The van der Waals surface area contributed by atoms with E-state index in [1.165, 1.54) is 7.11 Å². The number of methoxy groups -OCH3 is 2. The molecule has 1 amide bonds. The fourth-order valence-corrected chi connectivity index (χ4v) is 6.16. The predicted molar refractivity (Wildman–Crippen MR) is 172 cm³/mol. The molecular weight excluding hydrogens is 594 g/mol. The number of ketones is 3. The minimum Gasteiger partial charge on any atom is -0.480 e. The molecule has 0 aromatic heterocycles. The van der Waals surface area contributed by atoms with Crippen LogP contribution in [0.15, 0.2) is 36.0 Å². The third kappa shape index (κ3) is 10.5. The zero-order valence-corrected chi connectivity index (χ0v) is 28.4. The first-order valence-corrected chi connectivity index (χ1v) is 16.3. The highest BCUT2D eigenvalue weighted by molar-refractivity contribution is 6.39. The van der Waals surface area contributed by atoms with Gasteiger partial charge in [0.2, 0.25) is 5.79 Å². The van der Waals surface area contributed by atoms with Gasteiger partial charge in [-0.2, -0.15) is 0 Å². The molecule has 2 aliphatic rings. The van der Waals surface area contributed by atoms with Crippen molar-refractivity contribution < 1.29 is 48.4 Å². The number of hydrogen-bond donors (Lipinski definition) is 2. The topological polar surface area (TPSA) is 157 Å². The van der Waals surface area contributed by atoms with E-state index in [2.05, 4.69) is 0 Å². The highest BCUT2D eigenvalue weighted by atomic mass is 16.6. The molecule has 8 atom stereocenters. The van der Waals surface area contributed by atoms with Crippen molar-refractivity contribution in [3.63, 3.8) is 0 Å². The molecule has 11 heteroatoms. The Kier molecular flexibility index (Phi) is 15.7. The van der Waals surface area contributed by atoms with Gasteiger partial charge in [0.05, 0.1) is 18.1 Å². The number of likely N-dealkylation sites (tertiary alicyclic amines) is 1. The lowest BCUT2D eigenvalue weighted by Gasteiger charge is -2.42. The van der Waals surface area contributed by atoms with Crippen molar-refractivity contribution in [2.75, 3.05) is 27.4 Å². The lowest BCUT2D eigenvalue weighted by atomic mass is 9.85. The van der Waals surface area contributed by atoms with Crippen molar-refractivity contribution in [1.82, 2.24) is 4.90 Å². The summed E-state index contributed by atoms with van der Waals surface area (Å²) < 4.78 is 16.5. The van der Waals surface area contributed by atoms with Gasteiger partial charge in [0.25, 0.3) is 11.7 Å². The van der Waals surface area contributed by atoms with Crippen LogP contribution in [0.3, 0.4) is 0 Å². The van der Waals surface area contributed by atoms with Gasteiger partial charge in [-0.25, -0.2) is 4.79 Å². The standard InChI is InChI=1S/C35H53NO10/c1-22(19-24(3)31(38)26(5)29(37)21-44-6)13-9-8-10-14-23(2)30(45-7)20-27-17-16-25(4)35(43,46-27)32(39)33(40)36-18-12-11-15-28(36)34(41)42/h8-10,13-14,22,24-28,30,43H,11-12,15-21H2,1-7H3,(H,41,42)/b10-8+,13-9+,23-14+/t22-,24-,25-,26+,27+,28+,30+,35-/m1/s1. The maximum atomic E-state index is 13.3. The maximum Gasteiger partial charge on any atom is 0.326 e. The number of piperidine rings is 1. The zero-order chi connectivity index (χ0) is 34.6. The van der Waals surface area contributed by atoms with Gasteiger partial charge in [-0.1, -0.05) is 51.2 Å². The van der Waals surface area contributed by atoms with Gasteiger partial charge < -0.3 is 29.3 Å². The summed E-state index contributed by atoms with van der Waals surface area (Å²) in [5, 5.41) is 20.9. The molecule has 11 nitrogen and oxygen atoms in total. The number of Topliss-reactive ketones (excluding diaryl/α,β-unsaturated/α-hetero) is 3. The maximum absolute atomic E-state index is 13.3. The molecule has 0 aromatic carbocycles. The summed E-state index contributed by atoms with van der Waals surface area (Å²) in [6.07, 6.45) is 12.0. The number of ether oxygens (including phenoxy) is 3. The van der Waals surface area contributed by atoms with Crippen LogP contribution in [0.25, 0.3) is 0 Å². The van der Waals surface area contributed by atoms with Crippen LogP contribution < -0.4 is 0 Å². The molecule has 2 saturated heterocycles. The number of carbonyl (C=O) groups excluding carboxylic acids is 4.